The van der Waals surface area contributed by atoms with Crippen LogP contribution in [0.15, 0.2) is 30.3 Å². The van der Waals surface area contributed by atoms with Crippen molar-refractivity contribution in [1.82, 2.24) is 0 Å². The lowest BCUT2D eigenvalue weighted by atomic mass is 10.1. The van der Waals surface area contributed by atoms with E-state index in [1.54, 1.807) is 12.1 Å². The third kappa shape index (κ3) is 3.79. The maximum absolute atomic E-state index is 12.0. The zero-order valence-corrected chi connectivity index (χ0v) is 15.0. The second-order valence-electron chi connectivity index (χ2n) is 6.40. The van der Waals surface area contributed by atoms with E-state index in [4.69, 9.17) is 30.5 Å². The molecule has 2 aromatic carbocycles. The summed E-state index contributed by atoms with van der Waals surface area (Å²) in [6.07, 6.45) is 3.37. The predicted molar refractivity (Wildman–Crippen MR) is 95.5 cm³/mol. The van der Waals surface area contributed by atoms with E-state index in [0.29, 0.717) is 23.1 Å². The molecular formula is C20H19ClO5. The predicted octanol–water partition coefficient (Wildman–Crippen LogP) is 3.82. The first-order chi connectivity index (χ1) is 12.7. The molecule has 0 radical (unpaired) electrons. The molecule has 4 rings (SSSR count). The highest BCUT2D eigenvalue weighted by atomic mass is 35.5. The highest BCUT2D eigenvalue weighted by Gasteiger charge is 2.18. The summed E-state index contributed by atoms with van der Waals surface area (Å²) in [6, 6.07) is 9.51. The number of aryl methyl sites for hydroxylation is 2. The summed E-state index contributed by atoms with van der Waals surface area (Å²) in [4.78, 5) is 12.0. The molecule has 0 fully saturated rings. The first-order valence-electron chi connectivity index (χ1n) is 8.61. The molecule has 6 heteroatoms. The van der Waals surface area contributed by atoms with E-state index in [-0.39, 0.29) is 20.0 Å². The normalized spacial score (nSPS) is 15.0. The Bertz CT molecular complexity index is 833. The lowest BCUT2D eigenvalue weighted by molar-refractivity contribution is -0.147. The number of fused-ring (bicyclic) bond motifs is 2. The number of rotatable bonds is 5. The molecule has 2 aromatic rings. The van der Waals surface area contributed by atoms with Crippen LogP contribution in [0.25, 0.3) is 0 Å². The fourth-order valence-electron chi connectivity index (χ4n) is 3.34. The highest BCUT2D eigenvalue weighted by molar-refractivity contribution is 6.30. The van der Waals surface area contributed by atoms with E-state index in [0.717, 1.165) is 24.0 Å². The van der Waals surface area contributed by atoms with Gasteiger partial charge in [0.25, 0.3) is 0 Å². The highest BCUT2D eigenvalue weighted by Crippen LogP contribution is 2.32. The summed E-state index contributed by atoms with van der Waals surface area (Å²) < 4.78 is 21.6. The molecule has 0 aromatic heterocycles. The average Bonchev–Trinajstić information content (AvgIpc) is 3.12. The molecule has 5 nitrogen and oxygen atoms in total. The quantitative estimate of drug-likeness (QED) is 0.745. The van der Waals surface area contributed by atoms with Gasteiger partial charge in [-0.1, -0.05) is 17.7 Å². The summed E-state index contributed by atoms with van der Waals surface area (Å²) in [5.74, 6) is 0.933. The van der Waals surface area contributed by atoms with Gasteiger partial charge < -0.3 is 18.9 Å². The Hall–Kier alpha value is -2.24. The molecule has 1 aliphatic heterocycles. The van der Waals surface area contributed by atoms with Gasteiger partial charge in [-0.15, -0.1) is 0 Å². The van der Waals surface area contributed by atoms with Gasteiger partial charge in [0, 0.05) is 16.1 Å². The zero-order valence-electron chi connectivity index (χ0n) is 14.3. The van der Waals surface area contributed by atoms with E-state index >= 15 is 0 Å². The number of hydrogen-bond donors (Lipinski definition) is 0. The van der Waals surface area contributed by atoms with Gasteiger partial charge in [0.1, 0.15) is 18.1 Å². The van der Waals surface area contributed by atoms with Gasteiger partial charge in [-0.25, -0.2) is 4.79 Å². The lowest BCUT2D eigenvalue weighted by Crippen LogP contribution is -2.17. The van der Waals surface area contributed by atoms with Crippen molar-refractivity contribution in [2.45, 2.75) is 32.5 Å². The SMILES string of the molecule is O=C(COc1ccc2c(c1)CCC2)OCc1cc(Cl)cc2c1OCOC2. The van der Waals surface area contributed by atoms with Crippen LogP contribution in [0.3, 0.4) is 0 Å². The van der Waals surface area contributed by atoms with Gasteiger partial charge in [0.2, 0.25) is 0 Å². The third-order valence-corrected chi connectivity index (χ3v) is 4.79. The van der Waals surface area contributed by atoms with E-state index in [2.05, 4.69) is 6.07 Å². The van der Waals surface area contributed by atoms with E-state index < -0.39 is 5.97 Å². The first kappa shape index (κ1) is 17.2. The Balaban J connectivity index is 1.34. The molecule has 0 saturated heterocycles. The summed E-state index contributed by atoms with van der Waals surface area (Å²) in [7, 11) is 0. The second kappa shape index (κ2) is 7.56. The molecule has 1 aliphatic carbocycles. The molecular weight excluding hydrogens is 356 g/mol. The van der Waals surface area contributed by atoms with Crippen LogP contribution in [0.2, 0.25) is 5.02 Å². The number of carbonyl (C=O) groups is 1. The number of carbonyl (C=O) groups excluding carboxylic acids is 1. The maximum Gasteiger partial charge on any atom is 0.344 e. The summed E-state index contributed by atoms with van der Waals surface area (Å²) in [5.41, 5.74) is 4.25. The Morgan fingerprint density at radius 1 is 1.12 bits per heavy atom. The van der Waals surface area contributed by atoms with Gasteiger partial charge in [0.05, 0.1) is 6.61 Å². The topological polar surface area (TPSA) is 54.0 Å². The third-order valence-electron chi connectivity index (χ3n) is 4.57. The van der Waals surface area contributed by atoms with Crippen LogP contribution in [0.1, 0.15) is 28.7 Å². The molecule has 0 N–H and O–H groups in total. The van der Waals surface area contributed by atoms with Crippen LogP contribution < -0.4 is 9.47 Å². The number of esters is 1. The van der Waals surface area contributed by atoms with Crippen LogP contribution in [0.5, 0.6) is 11.5 Å². The van der Waals surface area contributed by atoms with Crippen molar-refractivity contribution in [2.24, 2.45) is 0 Å². The van der Waals surface area contributed by atoms with E-state index in [1.807, 2.05) is 12.1 Å². The molecule has 1 heterocycles. The van der Waals surface area contributed by atoms with Crippen LogP contribution in [-0.2, 0) is 40.3 Å². The van der Waals surface area contributed by atoms with Gasteiger partial charge in [-0.05, 0) is 54.7 Å². The molecule has 0 amide bonds. The number of halogens is 1. The van der Waals surface area contributed by atoms with Crippen LogP contribution in [-0.4, -0.2) is 19.4 Å². The van der Waals surface area contributed by atoms with Crippen molar-refractivity contribution in [1.29, 1.82) is 0 Å². The Morgan fingerprint density at radius 2 is 2.00 bits per heavy atom. The molecule has 2 aliphatic rings. The van der Waals surface area contributed by atoms with Gasteiger partial charge in [-0.3, -0.25) is 0 Å². The van der Waals surface area contributed by atoms with Gasteiger partial charge in [0.15, 0.2) is 13.4 Å². The standard InChI is InChI=1S/C20H19ClO5/c21-17-6-15-9-23-12-26-20(15)16(7-17)10-25-19(22)11-24-18-5-4-13-2-1-3-14(13)8-18/h4-8H,1-3,9-12H2. The maximum atomic E-state index is 12.0. The molecule has 0 atom stereocenters. The van der Waals surface area contributed by atoms with Crippen LogP contribution in [0, 0.1) is 0 Å². The molecule has 0 saturated carbocycles. The largest absolute Gasteiger partial charge is 0.482 e. The minimum absolute atomic E-state index is 0.0786. The van der Waals surface area contributed by atoms with Gasteiger partial charge >= 0.3 is 5.97 Å². The molecule has 136 valence electrons. The fraction of sp³-hybridized carbons (Fsp3) is 0.350. The smallest absolute Gasteiger partial charge is 0.344 e. The monoisotopic (exact) mass is 374 g/mol. The number of hydrogen-bond acceptors (Lipinski definition) is 5. The van der Waals surface area contributed by atoms with E-state index in [1.165, 1.54) is 17.5 Å². The van der Waals surface area contributed by atoms with Gasteiger partial charge in [-0.2, -0.15) is 0 Å². The average molecular weight is 375 g/mol. The van der Waals surface area contributed by atoms with Crippen molar-refractivity contribution in [3.63, 3.8) is 0 Å². The number of benzene rings is 2. The molecule has 26 heavy (non-hydrogen) atoms. The zero-order chi connectivity index (χ0) is 17.9. The Morgan fingerprint density at radius 3 is 2.92 bits per heavy atom. The Labute approximate surface area is 156 Å². The molecule has 0 spiro atoms. The fourth-order valence-corrected chi connectivity index (χ4v) is 3.61. The minimum atomic E-state index is -0.439. The molecule has 0 bridgehead atoms. The van der Waals surface area contributed by atoms with Crippen molar-refractivity contribution < 1.29 is 23.7 Å². The van der Waals surface area contributed by atoms with Crippen molar-refractivity contribution in [3.8, 4) is 11.5 Å². The van der Waals surface area contributed by atoms with Crippen molar-refractivity contribution >= 4 is 17.6 Å². The Kier molecular flexibility index (Phi) is 5.00. The van der Waals surface area contributed by atoms with Crippen LogP contribution >= 0.6 is 11.6 Å². The number of ether oxygens (including phenoxy) is 4. The minimum Gasteiger partial charge on any atom is -0.482 e. The summed E-state index contributed by atoms with van der Waals surface area (Å²) >= 11 is 6.11. The lowest BCUT2D eigenvalue weighted by Gasteiger charge is -2.21. The second-order valence-corrected chi connectivity index (χ2v) is 6.83. The summed E-state index contributed by atoms with van der Waals surface area (Å²) in [5, 5.41) is 0.554. The van der Waals surface area contributed by atoms with Crippen molar-refractivity contribution in [3.05, 3.63) is 57.6 Å². The van der Waals surface area contributed by atoms with E-state index in [9.17, 15) is 4.79 Å². The van der Waals surface area contributed by atoms with Crippen molar-refractivity contribution in [2.75, 3.05) is 13.4 Å². The first-order valence-corrected chi connectivity index (χ1v) is 8.99. The summed E-state index contributed by atoms with van der Waals surface area (Å²) in [6.45, 7) is 0.552. The molecule has 0 unspecified atom stereocenters. The van der Waals surface area contributed by atoms with Crippen LogP contribution in [0.4, 0.5) is 0 Å².